The van der Waals surface area contributed by atoms with Crippen LogP contribution in [0.4, 0.5) is 0 Å². The molecule has 7 heteroatoms. The van der Waals surface area contributed by atoms with Crippen molar-refractivity contribution in [2.75, 3.05) is 20.2 Å². The minimum atomic E-state index is -0.156. The number of amides is 1. The highest BCUT2D eigenvalue weighted by Crippen LogP contribution is 2.28. The number of hydrazone groups is 1. The fourth-order valence-electron chi connectivity index (χ4n) is 4.12. The molecule has 0 radical (unpaired) electrons. The number of fused-ring (bicyclic) bond motifs is 1. The van der Waals surface area contributed by atoms with Crippen LogP contribution in [0.15, 0.2) is 46.1 Å². The van der Waals surface area contributed by atoms with E-state index in [0.29, 0.717) is 0 Å². The fraction of sp³-hybridized carbons (Fsp3) is 0.429. The Morgan fingerprint density at radius 1 is 1.29 bits per heavy atom. The lowest BCUT2D eigenvalue weighted by Crippen LogP contribution is -2.39. The number of rotatable bonds is 4. The summed E-state index contributed by atoms with van der Waals surface area (Å²) in [5, 5.41) is 7.81. The summed E-state index contributed by atoms with van der Waals surface area (Å²) in [5.41, 5.74) is 5.15. The zero-order valence-corrected chi connectivity index (χ0v) is 16.8. The topological polar surface area (TPSA) is 69.3 Å². The van der Waals surface area contributed by atoms with E-state index in [9.17, 15) is 4.79 Å². The first-order valence-corrected chi connectivity index (χ1v) is 9.60. The second-order valence-corrected chi connectivity index (χ2v) is 7.45. The van der Waals surface area contributed by atoms with Gasteiger partial charge in [0.15, 0.2) is 0 Å². The van der Waals surface area contributed by atoms with Gasteiger partial charge in [-0.05, 0) is 55.7 Å². The van der Waals surface area contributed by atoms with Gasteiger partial charge >= 0.3 is 6.17 Å². The highest BCUT2D eigenvalue weighted by Gasteiger charge is 2.43. The SMILES string of the molecule is COc1ccc(C2=[N+]3N=C(C)C=C(N4CC[C@@H](NC(C)=O)C4)C3N=C2C)cc1. The molecule has 28 heavy (non-hydrogen) atoms. The molecule has 1 aromatic rings. The lowest BCUT2D eigenvalue weighted by Gasteiger charge is -2.24. The van der Waals surface area contributed by atoms with Crippen LogP contribution in [0.1, 0.15) is 32.8 Å². The molecule has 0 aromatic heterocycles. The minimum absolute atomic E-state index is 0.0219. The minimum Gasteiger partial charge on any atom is -0.497 e. The largest absolute Gasteiger partial charge is 0.497 e. The first-order chi connectivity index (χ1) is 13.5. The molecular weight excluding hydrogens is 354 g/mol. The van der Waals surface area contributed by atoms with E-state index in [0.717, 1.165) is 53.7 Å². The number of aliphatic imine (C=N–C) groups is 1. The van der Waals surface area contributed by atoms with Crippen LogP contribution in [-0.2, 0) is 4.79 Å². The van der Waals surface area contributed by atoms with Gasteiger partial charge in [0.05, 0.1) is 12.7 Å². The van der Waals surface area contributed by atoms with Gasteiger partial charge < -0.3 is 15.0 Å². The molecule has 0 spiro atoms. The van der Waals surface area contributed by atoms with E-state index in [2.05, 4.69) is 16.3 Å². The van der Waals surface area contributed by atoms with Crippen LogP contribution in [0.2, 0.25) is 0 Å². The number of likely N-dealkylation sites (tertiary alicyclic amines) is 1. The molecule has 1 N–H and O–H groups in total. The maximum atomic E-state index is 11.4. The van der Waals surface area contributed by atoms with Gasteiger partial charge in [0.1, 0.15) is 22.9 Å². The van der Waals surface area contributed by atoms with Crippen molar-refractivity contribution in [2.24, 2.45) is 10.1 Å². The van der Waals surface area contributed by atoms with Gasteiger partial charge in [-0.1, -0.05) is 4.68 Å². The summed E-state index contributed by atoms with van der Waals surface area (Å²) in [6.45, 7) is 7.32. The van der Waals surface area contributed by atoms with E-state index in [-0.39, 0.29) is 18.1 Å². The number of benzene rings is 1. The van der Waals surface area contributed by atoms with Crippen LogP contribution in [-0.4, -0.2) is 65.0 Å². The van der Waals surface area contributed by atoms with Crippen molar-refractivity contribution in [3.8, 4) is 5.75 Å². The van der Waals surface area contributed by atoms with Crippen molar-refractivity contribution in [2.45, 2.75) is 39.4 Å². The van der Waals surface area contributed by atoms with E-state index in [4.69, 9.17) is 14.8 Å². The van der Waals surface area contributed by atoms with E-state index in [1.165, 1.54) is 0 Å². The molecule has 1 aromatic carbocycles. The van der Waals surface area contributed by atoms with Crippen LogP contribution in [0.3, 0.4) is 0 Å². The number of ether oxygens (including phenoxy) is 1. The highest BCUT2D eigenvalue weighted by atomic mass is 16.5. The Balaban J connectivity index is 1.66. The van der Waals surface area contributed by atoms with Gasteiger partial charge in [0.2, 0.25) is 5.91 Å². The lowest BCUT2D eigenvalue weighted by molar-refractivity contribution is -0.558. The smallest absolute Gasteiger partial charge is 0.318 e. The number of carbonyl (C=O) groups is 1. The molecule has 0 saturated carbocycles. The Hall–Kier alpha value is -2.96. The summed E-state index contributed by atoms with van der Waals surface area (Å²) in [5.74, 6) is 0.849. The first kappa shape index (κ1) is 18.4. The molecule has 1 unspecified atom stereocenters. The number of nitrogens with one attached hydrogen (secondary N) is 1. The Morgan fingerprint density at radius 2 is 2.04 bits per heavy atom. The monoisotopic (exact) mass is 380 g/mol. The number of carbonyl (C=O) groups excluding carboxylic acids is 1. The molecule has 0 bridgehead atoms. The van der Waals surface area contributed by atoms with Crippen molar-refractivity contribution in [3.63, 3.8) is 0 Å². The van der Waals surface area contributed by atoms with Gasteiger partial charge in [-0.15, -0.1) is 0 Å². The third-order valence-corrected chi connectivity index (χ3v) is 5.33. The Kier molecular flexibility index (Phi) is 4.75. The Morgan fingerprint density at radius 3 is 2.71 bits per heavy atom. The Bertz CT molecular complexity index is 927. The third kappa shape index (κ3) is 3.32. The molecular formula is C21H26N5O2+. The summed E-state index contributed by atoms with van der Waals surface area (Å²) in [7, 11) is 1.67. The van der Waals surface area contributed by atoms with Crippen LogP contribution < -0.4 is 10.1 Å². The second-order valence-electron chi connectivity index (χ2n) is 7.45. The molecule has 3 aliphatic heterocycles. The molecule has 2 atom stereocenters. The molecule has 1 saturated heterocycles. The summed E-state index contributed by atoms with van der Waals surface area (Å²) >= 11 is 0. The summed E-state index contributed by atoms with van der Waals surface area (Å²) < 4.78 is 7.30. The van der Waals surface area contributed by atoms with Gasteiger partial charge in [0.25, 0.3) is 5.71 Å². The Labute approximate surface area is 165 Å². The molecule has 1 fully saturated rings. The summed E-state index contributed by atoms with van der Waals surface area (Å²) in [4.78, 5) is 18.7. The van der Waals surface area contributed by atoms with Crippen LogP contribution >= 0.6 is 0 Å². The molecule has 0 aliphatic carbocycles. The molecule has 1 amide bonds. The number of methoxy groups -OCH3 is 1. The average molecular weight is 380 g/mol. The van der Waals surface area contributed by atoms with Crippen molar-refractivity contribution in [1.82, 2.24) is 10.2 Å². The number of hydrogen-bond donors (Lipinski definition) is 1. The summed E-state index contributed by atoms with van der Waals surface area (Å²) in [6.07, 6.45) is 2.90. The first-order valence-electron chi connectivity index (χ1n) is 9.60. The van der Waals surface area contributed by atoms with Gasteiger partial charge in [-0.2, -0.15) is 0 Å². The van der Waals surface area contributed by atoms with Gasteiger partial charge in [-0.25, -0.2) is 4.99 Å². The zero-order valence-electron chi connectivity index (χ0n) is 16.8. The zero-order chi connectivity index (χ0) is 19.8. The molecule has 3 aliphatic rings. The van der Waals surface area contributed by atoms with E-state index in [1.54, 1.807) is 14.0 Å². The second kappa shape index (κ2) is 7.22. The van der Waals surface area contributed by atoms with E-state index < -0.39 is 0 Å². The van der Waals surface area contributed by atoms with Gasteiger partial charge in [-0.3, -0.25) is 4.79 Å². The predicted molar refractivity (Wildman–Crippen MR) is 109 cm³/mol. The maximum Gasteiger partial charge on any atom is 0.318 e. The van der Waals surface area contributed by atoms with E-state index >= 15 is 0 Å². The van der Waals surface area contributed by atoms with E-state index in [1.807, 2.05) is 42.8 Å². The predicted octanol–water partition coefficient (Wildman–Crippen LogP) is 1.78. The standard InChI is InChI=1S/C21H25N5O2/c1-13-11-19(25-10-9-17(12-25)23-15(3)27)21-22-14(2)20(26(21)24-13)16-5-7-18(28-4)8-6-16/h5-8,11,17,21H,9-10,12H2,1-4H3/p+1/t17-,21?/m1/s1. The van der Waals surface area contributed by atoms with Gasteiger partial charge in [0, 0.05) is 26.1 Å². The number of nitrogens with zero attached hydrogens (tertiary/aromatic N) is 4. The third-order valence-electron chi connectivity index (χ3n) is 5.33. The molecule has 146 valence electrons. The van der Waals surface area contributed by atoms with Crippen LogP contribution in [0, 0.1) is 0 Å². The van der Waals surface area contributed by atoms with Crippen molar-refractivity contribution >= 4 is 23.0 Å². The van der Waals surface area contributed by atoms with Crippen LogP contribution in [0.5, 0.6) is 5.75 Å². The number of hydrogen-bond acceptors (Lipinski definition) is 5. The fourth-order valence-corrected chi connectivity index (χ4v) is 4.12. The lowest BCUT2D eigenvalue weighted by atomic mass is 10.1. The quantitative estimate of drug-likeness (QED) is 0.810. The molecule has 4 rings (SSSR count). The molecule has 7 nitrogen and oxygen atoms in total. The van der Waals surface area contributed by atoms with Crippen molar-refractivity contribution in [3.05, 3.63) is 41.6 Å². The average Bonchev–Trinajstić information content (AvgIpc) is 3.24. The maximum absolute atomic E-state index is 11.4. The van der Waals surface area contributed by atoms with Crippen molar-refractivity contribution < 1.29 is 14.2 Å². The van der Waals surface area contributed by atoms with Crippen molar-refractivity contribution in [1.29, 1.82) is 0 Å². The van der Waals surface area contributed by atoms with Crippen LogP contribution in [0.25, 0.3) is 0 Å². The molecule has 3 heterocycles. The highest BCUT2D eigenvalue weighted by molar-refractivity contribution is 6.46. The number of allylic oxidation sites excluding steroid dienone is 1. The normalized spacial score (nSPS) is 23.9. The summed E-state index contributed by atoms with van der Waals surface area (Å²) in [6, 6.07) is 8.18.